The van der Waals surface area contributed by atoms with E-state index in [9.17, 15) is 0 Å². The van der Waals surface area contributed by atoms with E-state index < -0.39 is 0 Å². The molecule has 0 radical (unpaired) electrons. The summed E-state index contributed by atoms with van der Waals surface area (Å²) < 4.78 is 5.67. The maximum absolute atomic E-state index is 6.18. The van der Waals surface area contributed by atoms with Gasteiger partial charge in [-0.05, 0) is 42.7 Å². The highest BCUT2D eigenvalue weighted by Crippen LogP contribution is 2.26. The minimum Gasteiger partial charge on any atom is -0.494 e. The molecular weight excluding hydrogens is 307 g/mol. The number of para-hydroxylation sites is 1. The molecule has 3 nitrogen and oxygen atoms in total. The highest BCUT2D eigenvalue weighted by Gasteiger charge is 2.13. The summed E-state index contributed by atoms with van der Waals surface area (Å²) in [4.78, 5) is 0. The fourth-order valence-electron chi connectivity index (χ4n) is 2.05. The molecule has 1 unspecified atom stereocenters. The van der Waals surface area contributed by atoms with Crippen LogP contribution in [0, 0.1) is 0 Å². The van der Waals surface area contributed by atoms with E-state index in [1.807, 2.05) is 48.5 Å². The van der Waals surface area contributed by atoms with Gasteiger partial charge in [0.05, 0.1) is 6.61 Å². The second kappa shape index (κ2) is 8.25. The van der Waals surface area contributed by atoms with Crippen molar-refractivity contribution in [3.8, 4) is 5.75 Å². The van der Waals surface area contributed by atoms with Gasteiger partial charge in [-0.1, -0.05) is 47.5 Å². The lowest BCUT2D eigenvalue weighted by molar-refractivity contribution is 0.285. The lowest BCUT2D eigenvalue weighted by Gasteiger charge is -2.18. The predicted molar refractivity (Wildman–Crippen MR) is 87.8 cm³/mol. The van der Waals surface area contributed by atoms with Crippen molar-refractivity contribution in [2.75, 3.05) is 6.61 Å². The number of hydrogen-bond acceptors (Lipinski definition) is 3. The Labute approximate surface area is 135 Å². The monoisotopic (exact) mass is 324 g/mol. The van der Waals surface area contributed by atoms with Gasteiger partial charge in [-0.3, -0.25) is 11.3 Å². The van der Waals surface area contributed by atoms with E-state index in [0.29, 0.717) is 23.1 Å². The van der Waals surface area contributed by atoms with Crippen LogP contribution in [0.4, 0.5) is 0 Å². The summed E-state index contributed by atoms with van der Waals surface area (Å²) in [6.45, 7) is 0.570. The Morgan fingerprint density at radius 3 is 2.29 bits per heavy atom. The highest BCUT2D eigenvalue weighted by molar-refractivity contribution is 6.36. The Balaban J connectivity index is 1.89. The maximum Gasteiger partial charge on any atom is 0.119 e. The van der Waals surface area contributed by atoms with Crippen molar-refractivity contribution in [3.63, 3.8) is 0 Å². The van der Waals surface area contributed by atoms with Gasteiger partial charge in [0.25, 0.3) is 0 Å². The van der Waals surface area contributed by atoms with E-state index >= 15 is 0 Å². The molecule has 112 valence electrons. The molecular formula is C16H18Cl2N2O. The summed E-state index contributed by atoms with van der Waals surface area (Å²) in [6.07, 6.45) is 1.42. The molecule has 3 N–H and O–H groups in total. The first-order valence-electron chi connectivity index (χ1n) is 6.77. The molecule has 0 spiro atoms. The third-order valence-electron chi connectivity index (χ3n) is 3.23. The van der Waals surface area contributed by atoms with Crippen LogP contribution < -0.4 is 16.0 Å². The summed E-state index contributed by atoms with van der Waals surface area (Å²) in [5.41, 5.74) is 3.70. The first-order valence-corrected chi connectivity index (χ1v) is 7.53. The van der Waals surface area contributed by atoms with Gasteiger partial charge in [0, 0.05) is 16.1 Å². The molecule has 0 bridgehead atoms. The zero-order chi connectivity index (χ0) is 15.1. The largest absolute Gasteiger partial charge is 0.494 e. The molecule has 0 heterocycles. The van der Waals surface area contributed by atoms with Crippen molar-refractivity contribution in [2.24, 2.45) is 5.84 Å². The predicted octanol–water partition coefficient (Wildman–Crippen LogP) is 3.84. The van der Waals surface area contributed by atoms with Gasteiger partial charge in [0.2, 0.25) is 0 Å². The standard InChI is InChI=1S/C16H18Cl2N2O/c17-15-7-4-8-16(18)14(15)11-12(20-19)9-10-21-13-5-2-1-3-6-13/h1-8,12,20H,9-11,19H2. The number of benzene rings is 2. The Morgan fingerprint density at radius 2 is 1.67 bits per heavy atom. The number of ether oxygens (including phenoxy) is 1. The minimum absolute atomic E-state index is 0.0473. The van der Waals surface area contributed by atoms with Gasteiger partial charge in [-0.15, -0.1) is 0 Å². The number of halogens is 2. The molecule has 0 saturated heterocycles. The second-order valence-electron chi connectivity index (χ2n) is 4.72. The molecule has 2 aromatic carbocycles. The van der Waals surface area contributed by atoms with Crippen LogP contribution in [0.3, 0.4) is 0 Å². The zero-order valence-electron chi connectivity index (χ0n) is 11.6. The normalized spacial score (nSPS) is 12.1. The Kier molecular flexibility index (Phi) is 6.33. The first-order chi connectivity index (χ1) is 10.2. The third-order valence-corrected chi connectivity index (χ3v) is 3.93. The quantitative estimate of drug-likeness (QED) is 0.601. The van der Waals surface area contributed by atoms with Crippen LogP contribution in [0.5, 0.6) is 5.75 Å². The van der Waals surface area contributed by atoms with Gasteiger partial charge in [0.15, 0.2) is 0 Å². The van der Waals surface area contributed by atoms with Crippen LogP contribution in [0.25, 0.3) is 0 Å². The average Bonchev–Trinajstić information content (AvgIpc) is 2.50. The van der Waals surface area contributed by atoms with E-state index in [0.717, 1.165) is 17.7 Å². The molecule has 0 aliphatic rings. The van der Waals surface area contributed by atoms with E-state index in [1.165, 1.54) is 0 Å². The molecule has 0 aromatic heterocycles. The highest BCUT2D eigenvalue weighted by atomic mass is 35.5. The van der Waals surface area contributed by atoms with Crippen molar-refractivity contribution in [1.82, 2.24) is 5.43 Å². The fourth-order valence-corrected chi connectivity index (χ4v) is 2.61. The Morgan fingerprint density at radius 1 is 1.00 bits per heavy atom. The molecule has 2 rings (SSSR count). The van der Waals surface area contributed by atoms with Crippen LogP contribution in [-0.4, -0.2) is 12.6 Å². The van der Waals surface area contributed by atoms with Gasteiger partial charge in [-0.25, -0.2) is 0 Å². The Hall–Kier alpha value is -1.26. The molecule has 0 aliphatic heterocycles. The SMILES string of the molecule is NNC(CCOc1ccccc1)Cc1c(Cl)cccc1Cl. The lowest BCUT2D eigenvalue weighted by atomic mass is 10.0. The molecule has 0 amide bonds. The molecule has 0 saturated carbocycles. The minimum atomic E-state index is 0.0473. The van der Waals surface area contributed by atoms with Crippen LogP contribution in [0.1, 0.15) is 12.0 Å². The van der Waals surface area contributed by atoms with Crippen LogP contribution in [0.2, 0.25) is 10.0 Å². The number of hydrazine groups is 1. The van der Waals surface area contributed by atoms with Gasteiger partial charge in [-0.2, -0.15) is 0 Å². The lowest BCUT2D eigenvalue weighted by Crippen LogP contribution is -2.38. The van der Waals surface area contributed by atoms with Crippen LogP contribution in [0.15, 0.2) is 48.5 Å². The summed E-state index contributed by atoms with van der Waals surface area (Å²) in [5, 5.41) is 1.32. The summed E-state index contributed by atoms with van der Waals surface area (Å²) in [5.74, 6) is 6.46. The van der Waals surface area contributed by atoms with Crippen molar-refractivity contribution in [1.29, 1.82) is 0 Å². The smallest absolute Gasteiger partial charge is 0.119 e. The molecule has 0 fully saturated rings. The van der Waals surface area contributed by atoms with Crippen LogP contribution in [-0.2, 0) is 6.42 Å². The molecule has 1 atom stereocenters. The van der Waals surface area contributed by atoms with E-state index in [-0.39, 0.29) is 6.04 Å². The maximum atomic E-state index is 6.18. The number of rotatable bonds is 7. The summed E-state index contributed by atoms with van der Waals surface area (Å²) in [7, 11) is 0. The third kappa shape index (κ3) is 4.90. The average molecular weight is 325 g/mol. The number of hydrogen-bond donors (Lipinski definition) is 2. The van der Waals surface area contributed by atoms with Crippen molar-refractivity contribution < 1.29 is 4.74 Å². The molecule has 0 aliphatic carbocycles. The molecule has 5 heteroatoms. The Bertz CT molecular complexity index is 543. The van der Waals surface area contributed by atoms with Gasteiger partial charge in [0.1, 0.15) is 5.75 Å². The van der Waals surface area contributed by atoms with Crippen molar-refractivity contribution >= 4 is 23.2 Å². The fraction of sp³-hybridized carbons (Fsp3) is 0.250. The van der Waals surface area contributed by atoms with E-state index in [4.69, 9.17) is 33.8 Å². The van der Waals surface area contributed by atoms with E-state index in [2.05, 4.69) is 5.43 Å². The van der Waals surface area contributed by atoms with Gasteiger partial charge >= 0.3 is 0 Å². The summed E-state index contributed by atoms with van der Waals surface area (Å²) in [6, 6.07) is 15.2. The zero-order valence-corrected chi connectivity index (χ0v) is 13.1. The van der Waals surface area contributed by atoms with E-state index in [1.54, 1.807) is 0 Å². The van der Waals surface area contributed by atoms with Crippen molar-refractivity contribution in [2.45, 2.75) is 18.9 Å². The van der Waals surface area contributed by atoms with Crippen LogP contribution >= 0.6 is 23.2 Å². The van der Waals surface area contributed by atoms with Crippen molar-refractivity contribution in [3.05, 3.63) is 64.1 Å². The molecule has 21 heavy (non-hydrogen) atoms. The number of nitrogens with two attached hydrogens (primary N) is 1. The second-order valence-corrected chi connectivity index (χ2v) is 5.53. The first kappa shape index (κ1) is 16.1. The number of nitrogens with one attached hydrogen (secondary N) is 1. The molecule has 2 aromatic rings. The summed E-state index contributed by atoms with van der Waals surface area (Å²) >= 11 is 12.4. The van der Waals surface area contributed by atoms with Gasteiger partial charge < -0.3 is 4.74 Å². The topological polar surface area (TPSA) is 47.3 Å².